The molecule has 23 heavy (non-hydrogen) atoms. The van der Waals surface area contributed by atoms with E-state index in [2.05, 4.69) is 11.4 Å². The summed E-state index contributed by atoms with van der Waals surface area (Å²) in [6.07, 6.45) is -0.0377. The Hall–Kier alpha value is -1.56. The monoisotopic (exact) mass is 352 g/mol. The topological polar surface area (TPSA) is 55.6 Å². The lowest BCUT2D eigenvalue weighted by Crippen LogP contribution is -2.46. The molecule has 1 amide bonds. The molecule has 1 saturated heterocycles. The van der Waals surface area contributed by atoms with Gasteiger partial charge >= 0.3 is 0 Å². The third-order valence-corrected chi connectivity index (χ3v) is 4.66. The number of ether oxygens (including phenoxy) is 1. The Balaban J connectivity index is 0.00000192. The van der Waals surface area contributed by atoms with Crippen molar-refractivity contribution in [2.75, 3.05) is 18.8 Å². The number of hydrogen-bond donors (Lipinski definition) is 1. The Kier molecular flexibility index (Phi) is 5.68. The second-order valence-electron chi connectivity index (χ2n) is 5.78. The summed E-state index contributed by atoms with van der Waals surface area (Å²) in [5.41, 5.74) is 9.21. The van der Waals surface area contributed by atoms with Crippen molar-refractivity contribution in [1.82, 2.24) is 4.90 Å². The highest BCUT2D eigenvalue weighted by atomic mass is 35.5. The molecule has 2 heterocycles. The average Bonchev–Trinajstić information content (AvgIpc) is 3.03. The van der Waals surface area contributed by atoms with Gasteiger partial charge in [0.1, 0.15) is 6.10 Å². The highest BCUT2D eigenvalue weighted by Crippen LogP contribution is 2.28. The fourth-order valence-corrected chi connectivity index (χ4v) is 3.50. The van der Waals surface area contributed by atoms with E-state index in [1.165, 1.54) is 0 Å². The molecular weight excluding hydrogens is 332 g/mol. The van der Waals surface area contributed by atoms with Gasteiger partial charge in [-0.3, -0.25) is 4.79 Å². The molecule has 2 atom stereocenters. The first-order chi connectivity index (χ1) is 10.5. The fraction of sp³-hybridized carbons (Fsp3) is 0.353. The number of carbonyl (C=O) groups is 1. The molecule has 0 radical (unpaired) electrons. The molecule has 2 N–H and O–H groups in total. The first kappa shape index (κ1) is 17.8. The summed E-state index contributed by atoms with van der Waals surface area (Å²) in [5, 5.41) is 4.11. The molecule has 0 spiro atoms. The van der Waals surface area contributed by atoms with Crippen molar-refractivity contribution in [3.05, 3.63) is 51.7 Å². The van der Waals surface area contributed by atoms with E-state index < -0.39 is 0 Å². The van der Waals surface area contributed by atoms with Gasteiger partial charge in [0.2, 0.25) is 0 Å². The van der Waals surface area contributed by atoms with Crippen LogP contribution in [0.4, 0.5) is 5.69 Å². The van der Waals surface area contributed by atoms with Gasteiger partial charge in [0.25, 0.3) is 5.91 Å². The van der Waals surface area contributed by atoms with E-state index in [1.54, 1.807) is 17.4 Å². The van der Waals surface area contributed by atoms with Crippen LogP contribution < -0.4 is 5.73 Å². The van der Waals surface area contributed by atoms with Crippen LogP contribution in [-0.2, 0) is 4.74 Å². The molecule has 1 aliphatic rings. The van der Waals surface area contributed by atoms with Crippen molar-refractivity contribution in [3.63, 3.8) is 0 Å². The van der Waals surface area contributed by atoms with Gasteiger partial charge in [-0.15, -0.1) is 12.4 Å². The van der Waals surface area contributed by atoms with Gasteiger partial charge in [-0.05, 0) is 53.9 Å². The zero-order valence-electron chi connectivity index (χ0n) is 13.2. The van der Waals surface area contributed by atoms with Crippen molar-refractivity contribution in [3.8, 4) is 0 Å². The first-order valence-corrected chi connectivity index (χ1v) is 8.32. The maximum atomic E-state index is 12.9. The minimum Gasteiger partial charge on any atom is -0.399 e. The van der Waals surface area contributed by atoms with Crippen LogP contribution in [0.1, 0.15) is 34.5 Å². The number of rotatable bonds is 2. The minimum atomic E-state index is -0.0553. The summed E-state index contributed by atoms with van der Waals surface area (Å²) in [6, 6.07) is 7.53. The van der Waals surface area contributed by atoms with E-state index in [0.29, 0.717) is 24.3 Å². The molecule has 0 saturated carbocycles. The van der Waals surface area contributed by atoms with Crippen LogP contribution in [0.5, 0.6) is 0 Å². The lowest BCUT2D eigenvalue weighted by Gasteiger charge is -2.37. The summed E-state index contributed by atoms with van der Waals surface area (Å²) in [7, 11) is 0. The zero-order valence-corrected chi connectivity index (χ0v) is 14.8. The highest BCUT2D eigenvalue weighted by molar-refractivity contribution is 7.07. The maximum absolute atomic E-state index is 12.9. The molecule has 124 valence electrons. The minimum absolute atomic E-state index is 0. The second-order valence-corrected chi connectivity index (χ2v) is 6.56. The molecular formula is C17H21ClN2O2S. The number of thiophene rings is 1. The molecule has 6 heteroatoms. The van der Waals surface area contributed by atoms with E-state index in [0.717, 1.165) is 11.1 Å². The van der Waals surface area contributed by atoms with Gasteiger partial charge in [-0.25, -0.2) is 0 Å². The quantitative estimate of drug-likeness (QED) is 0.839. The van der Waals surface area contributed by atoms with Gasteiger partial charge in [-0.2, -0.15) is 11.3 Å². The molecule has 3 rings (SSSR count). The van der Waals surface area contributed by atoms with Gasteiger partial charge < -0.3 is 15.4 Å². The lowest BCUT2D eigenvalue weighted by atomic mass is 10.0. The summed E-state index contributed by atoms with van der Waals surface area (Å²) in [6.45, 7) is 5.12. The summed E-state index contributed by atoms with van der Waals surface area (Å²) in [4.78, 5) is 14.7. The van der Waals surface area contributed by atoms with Crippen LogP contribution in [0, 0.1) is 6.92 Å². The Morgan fingerprint density at radius 1 is 1.35 bits per heavy atom. The fourth-order valence-electron chi connectivity index (χ4n) is 2.80. The number of hydrogen-bond acceptors (Lipinski definition) is 4. The van der Waals surface area contributed by atoms with E-state index in [-0.39, 0.29) is 30.5 Å². The number of nitrogens with two attached hydrogens (primary N) is 1. The maximum Gasteiger partial charge on any atom is 0.254 e. The zero-order chi connectivity index (χ0) is 15.7. The Labute approximate surface area is 146 Å². The van der Waals surface area contributed by atoms with Crippen LogP contribution in [0.3, 0.4) is 0 Å². The number of halogens is 1. The molecule has 2 aromatic rings. The summed E-state index contributed by atoms with van der Waals surface area (Å²) >= 11 is 1.64. The second kappa shape index (κ2) is 7.34. The van der Waals surface area contributed by atoms with Crippen molar-refractivity contribution in [2.24, 2.45) is 0 Å². The number of nitrogens with zero attached hydrogens (tertiary/aromatic N) is 1. The summed E-state index contributed by atoms with van der Waals surface area (Å²) in [5.74, 6) is 0.0279. The molecule has 0 aliphatic carbocycles. The van der Waals surface area contributed by atoms with Crippen molar-refractivity contribution < 1.29 is 9.53 Å². The van der Waals surface area contributed by atoms with Gasteiger partial charge in [0.15, 0.2) is 0 Å². The van der Waals surface area contributed by atoms with Crippen LogP contribution in [0.2, 0.25) is 0 Å². The van der Waals surface area contributed by atoms with Crippen LogP contribution >= 0.6 is 23.7 Å². The van der Waals surface area contributed by atoms with E-state index in [4.69, 9.17) is 10.5 Å². The average molecular weight is 353 g/mol. The van der Waals surface area contributed by atoms with Gasteiger partial charge in [0.05, 0.1) is 12.6 Å². The number of carbonyl (C=O) groups excluding carboxylic acids is 1. The van der Waals surface area contributed by atoms with Crippen LogP contribution in [0.15, 0.2) is 35.0 Å². The number of amides is 1. The van der Waals surface area contributed by atoms with E-state index in [1.807, 2.05) is 36.3 Å². The highest BCUT2D eigenvalue weighted by Gasteiger charge is 2.30. The number of anilines is 1. The lowest BCUT2D eigenvalue weighted by molar-refractivity contribution is -0.0690. The van der Waals surface area contributed by atoms with Gasteiger partial charge in [0, 0.05) is 17.8 Å². The Bertz CT molecular complexity index is 675. The molecule has 1 aromatic heterocycles. The van der Waals surface area contributed by atoms with Crippen molar-refractivity contribution in [1.29, 1.82) is 0 Å². The molecule has 1 aromatic carbocycles. The number of morpholine rings is 1. The van der Waals surface area contributed by atoms with Crippen LogP contribution in [0.25, 0.3) is 0 Å². The largest absolute Gasteiger partial charge is 0.399 e. The standard InChI is InChI=1S/C17H20N2O2S.ClH/c1-11-3-4-14(18)7-15(11)17(20)19-8-12(2)21-16(9-19)13-5-6-22-10-13;/h3-7,10,12,16H,8-9,18H2,1-2H3;1H. The third-order valence-electron chi connectivity index (χ3n) is 3.95. The molecule has 1 fully saturated rings. The molecule has 2 unspecified atom stereocenters. The third kappa shape index (κ3) is 3.86. The molecule has 4 nitrogen and oxygen atoms in total. The Morgan fingerprint density at radius 3 is 2.83 bits per heavy atom. The SMILES string of the molecule is Cc1ccc(N)cc1C(=O)N1CC(C)OC(c2ccsc2)C1.Cl. The van der Waals surface area contributed by atoms with Gasteiger partial charge in [-0.1, -0.05) is 6.07 Å². The molecule has 1 aliphatic heterocycles. The van der Waals surface area contributed by atoms with E-state index >= 15 is 0 Å². The number of aryl methyl sites for hydroxylation is 1. The molecule has 0 bridgehead atoms. The normalized spacial score (nSPS) is 20.9. The first-order valence-electron chi connectivity index (χ1n) is 7.37. The van der Waals surface area contributed by atoms with Crippen molar-refractivity contribution >= 4 is 35.3 Å². The number of nitrogen functional groups attached to an aromatic ring is 1. The summed E-state index contributed by atoms with van der Waals surface area (Å²) < 4.78 is 5.99. The predicted octanol–water partition coefficient (Wildman–Crippen LogP) is 3.66. The smallest absolute Gasteiger partial charge is 0.254 e. The Morgan fingerprint density at radius 2 is 2.13 bits per heavy atom. The van der Waals surface area contributed by atoms with Crippen LogP contribution in [-0.4, -0.2) is 30.0 Å². The number of benzene rings is 1. The van der Waals surface area contributed by atoms with Crippen molar-refractivity contribution in [2.45, 2.75) is 26.1 Å². The predicted molar refractivity (Wildman–Crippen MR) is 96.3 cm³/mol. The van der Waals surface area contributed by atoms with E-state index in [9.17, 15) is 4.79 Å².